The van der Waals surface area contributed by atoms with Gasteiger partial charge in [-0.1, -0.05) is 0 Å². The first-order valence-electron chi connectivity index (χ1n) is 11.9. The summed E-state index contributed by atoms with van der Waals surface area (Å²) in [5.74, 6) is -4.36. The van der Waals surface area contributed by atoms with E-state index in [1.165, 1.54) is 23.0 Å². The lowest BCUT2D eigenvalue weighted by Gasteiger charge is -2.33. The number of fused-ring (bicyclic) bond motifs is 1. The van der Waals surface area contributed by atoms with Crippen molar-refractivity contribution >= 4 is 23.3 Å². The highest BCUT2D eigenvalue weighted by Gasteiger charge is 2.47. The summed E-state index contributed by atoms with van der Waals surface area (Å²) in [5.41, 5.74) is -0.608. The van der Waals surface area contributed by atoms with Crippen LogP contribution in [0.3, 0.4) is 0 Å². The summed E-state index contributed by atoms with van der Waals surface area (Å²) in [6, 6.07) is -2.36. The van der Waals surface area contributed by atoms with Gasteiger partial charge in [0, 0.05) is 19.4 Å². The number of hydrogen-bond acceptors (Lipinski definition) is 6. The number of alkyl halides is 6. The summed E-state index contributed by atoms with van der Waals surface area (Å²) in [7, 11) is 0. The summed E-state index contributed by atoms with van der Waals surface area (Å²) in [5, 5.41) is 25.5. The zero-order chi connectivity index (χ0) is 28.5. The number of nitrogens with one attached hydrogen (secondary N) is 3. The summed E-state index contributed by atoms with van der Waals surface area (Å²) in [6.45, 7) is -2.08. The fourth-order valence-electron chi connectivity index (χ4n) is 4.70. The van der Waals surface area contributed by atoms with Gasteiger partial charge in [0.05, 0.1) is 48.2 Å². The first-order valence-corrected chi connectivity index (χ1v) is 11.9. The minimum atomic E-state index is -4.60. The second kappa shape index (κ2) is 10.7. The van der Waals surface area contributed by atoms with Crippen LogP contribution < -0.4 is 10.6 Å². The van der Waals surface area contributed by atoms with Crippen LogP contribution in [0.5, 0.6) is 0 Å². The third kappa shape index (κ3) is 6.25. The van der Waals surface area contributed by atoms with Crippen LogP contribution in [0.4, 0.5) is 31.1 Å². The second-order valence-corrected chi connectivity index (χ2v) is 9.56. The van der Waals surface area contributed by atoms with Crippen LogP contribution in [0.15, 0.2) is 30.3 Å². The van der Waals surface area contributed by atoms with Crippen molar-refractivity contribution in [3.05, 3.63) is 41.6 Å². The number of rotatable bonds is 8. The molecule has 3 heterocycles. The monoisotopic (exact) mass is 561 g/mol. The maximum Gasteiger partial charge on any atom is 0.410 e. The molecule has 0 unspecified atom stereocenters. The van der Waals surface area contributed by atoms with E-state index >= 15 is 0 Å². The largest absolute Gasteiger partial charge is 0.515 e. The van der Waals surface area contributed by atoms with Gasteiger partial charge in [0.25, 0.3) is 5.91 Å². The zero-order valence-electron chi connectivity index (χ0n) is 20.3. The highest BCUT2D eigenvalue weighted by molar-refractivity contribution is 6.20. The van der Waals surface area contributed by atoms with Gasteiger partial charge in [0.15, 0.2) is 5.65 Å². The van der Waals surface area contributed by atoms with Gasteiger partial charge in [0.1, 0.15) is 12.7 Å². The van der Waals surface area contributed by atoms with E-state index in [0.29, 0.717) is 11.8 Å². The summed E-state index contributed by atoms with van der Waals surface area (Å²) in [4.78, 5) is 30.1. The van der Waals surface area contributed by atoms with Crippen LogP contribution in [0.2, 0.25) is 0 Å². The molecule has 2 fully saturated rings. The Morgan fingerprint density at radius 2 is 2.03 bits per heavy atom. The molecule has 4 rings (SSSR count). The first kappa shape index (κ1) is 28.2. The first-order chi connectivity index (χ1) is 18.3. The topological polar surface area (TPSA) is 136 Å². The van der Waals surface area contributed by atoms with Crippen molar-refractivity contribution in [2.45, 2.75) is 56.4 Å². The summed E-state index contributed by atoms with van der Waals surface area (Å²) >= 11 is 0. The molecule has 2 aromatic rings. The molecule has 0 spiro atoms. The Morgan fingerprint density at radius 3 is 2.62 bits per heavy atom. The van der Waals surface area contributed by atoms with Gasteiger partial charge >= 0.3 is 12.2 Å². The maximum absolute atomic E-state index is 13.8. The number of carbonyl (C=O) groups is 2. The Labute approximate surface area is 217 Å². The van der Waals surface area contributed by atoms with Gasteiger partial charge in [-0.15, -0.1) is 0 Å². The lowest BCUT2D eigenvalue weighted by molar-refractivity contribution is -0.149. The molecule has 0 bridgehead atoms. The quantitative estimate of drug-likeness (QED) is 0.169. The van der Waals surface area contributed by atoms with Crippen molar-refractivity contribution in [3.8, 4) is 0 Å². The van der Waals surface area contributed by atoms with Gasteiger partial charge in [-0.3, -0.25) is 4.79 Å². The number of aromatic nitrogens is 3. The lowest BCUT2D eigenvalue weighted by Crippen LogP contribution is -2.40. The molecule has 2 aromatic heterocycles. The molecule has 1 aliphatic heterocycles. The Bertz CT molecular complexity index is 1280. The van der Waals surface area contributed by atoms with Crippen molar-refractivity contribution in [2.24, 2.45) is 5.92 Å². The fraction of sp³-hybridized carbons (Fsp3) is 0.522. The molecule has 1 aliphatic carbocycles. The Morgan fingerprint density at radius 1 is 1.33 bits per heavy atom. The predicted octanol–water partition coefficient (Wildman–Crippen LogP) is 3.60. The minimum Gasteiger partial charge on any atom is -0.515 e. The Balaban J connectivity index is 1.58. The summed E-state index contributed by atoms with van der Waals surface area (Å²) < 4.78 is 80.8. The standard InChI is InChI=1S/C23H25F6N7O3/c24-6-15(30)14(11-37)20(38)34-19(13-1-3-22(25,26)4-2-13)16-9-36-18(32-16)5-12(7-31-36)8-35-10-17(23(27,28)29)33-21(35)39/h5,7,9,11,13,17,19,30,37H,1-4,6,8,10H2,(H,33,39)(H,34,38)/b14-11+,30-15?/t17-,19-/m0/s1. The number of carbonyl (C=O) groups excluding carboxylic acids is 2. The molecule has 39 heavy (non-hydrogen) atoms. The average Bonchev–Trinajstić information content (AvgIpc) is 3.46. The van der Waals surface area contributed by atoms with Gasteiger partial charge in [-0.25, -0.2) is 27.5 Å². The van der Waals surface area contributed by atoms with E-state index in [1.807, 2.05) is 5.32 Å². The molecule has 16 heteroatoms. The number of hydrogen-bond donors (Lipinski definition) is 4. The van der Waals surface area contributed by atoms with Crippen molar-refractivity contribution in [3.63, 3.8) is 0 Å². The lowest BCUT2D eigenvalue weighted by atomic mass is 9.81. The van der Waals surface area contributed by atoms with Gasteiger partial charge in [-0.2, -0.15) is 18.3 Å². The van der Waals surface area contributed by atoms with Crippen molar-refractivity contribution in [2.75, 3.05) is 13.2 Å². The number of halogens is 6. The van der Waals surface area contributed by atoms with Crippen LogP contribution in [0.25, 0.3) is 5.65 Å². The highest BCUT2D eigenvalue weighted by atomic mass is 19.4. The molecule has 10 nitrogen and oxygen atoms in total. The number of amides is 3. The van der Waals surface area contributed by atoms with E-state index < -0.39 is 79.4 Å². The van der Waals surface area contributed by atoms with Crippen molar-refractivity contribution < 1.29 is 41.0 Å². The number of aliphatic hydroxyl groups is 1. The van der Waals surface area contributed by atoms with E-state index in [2.05, 4.69) is 15.4 Å². The van der Waals surface area contributed by atoms with E-state index in [0.717, 1.165) is 4.90 Å². The third-order valence-corrected chi connectivity index (χ3v) is 6.82. The van der Waals surface area contributed by atoms with Crippen molar-refractivity contribution in [1.82, 2.24) is 30.1 Å². The molecule has 4 N–H and O–H groups in total. The van der Waals surface area contributed by atoms with E-state index in [9.17, 15) is 41.0 Å². The van der Waals surface area contributed by atoms with Crippen LogP contribution >= 0.6 is 0 Å². The van der Waals surface area contributed by atoms with E-state index in [1.54, 1.807) is 0 Å². The number of imidazole rings is 1. The van der Waals surface area contributed by atoms with E-state index in [-0.39, 0.29) is 30.7 Å². The highest BCUT2D eigenvalue weighted by Crippen LogP contribution is 2.41. The van der Waals surface area contributed by atoms with Gasteiger partial charge in [0.2, 0.25) is 5.92 Å². The third-order valence-electron chi connectivity index (χ3n) is 6.82. The number of nitrogens with zero attached hydrogens (tertiary/aromatic N) is 4. The molecule has 0 aromatic carbocycles. The van der Waals surface area contributed by atoms with Crippen LogP contribution in [0.1, 0.15) is 43.0 Å². The second-order valence-electron chi connectivity index (χ2n) is 9.56. The molecule has 2 atom stereocenters. The van der Waals surface area contributed by atoms with Gasteiger partial charge < -0.3 is 26.0 Å². The maximum atomic E-state index is 13.8. The zero-order valence-corrected chi connectivity index (χ0v) is 20.3. The van der Waals surface area contributed by atoms with Crippen LogP contribution in [0, 0.1) is 11.3 Å². The fourth-order valence-corrected chi connectivity index (χ4v) is 4.70. The molecule has 212 valence electrons. The Hall–Kier alpha value is -3.85. The minimum absolute atomic E-state index is 0.0215. The van der Waals surface area contributed by atoms with Crippen LogP contribution in [-0.4, -0.2) is 73.6 Å². The molecule has 1 saturated carbocycles. The molecule has 2 aliphatic rings. The molecular formula is C23H25F6N7O3. The number of aliphatic hydroxyl groups excluding tert-OH is 1. The van der Waals surface area contributed by atoms with Gasteiger partial charge in [-0.05, 0) is 30.4 Å². The average molecular weight is 561 g/mol. The van der Waals surface area contributed by atoms with Crippen LogP contribution in [-0.2, 0) is 11.3 Å². The Kier molecular flexibility index (Phi) is 7.75. The number of urea groups is 1. The predicted molar refractivity (Wildman–Crippen MR) is 124 cm³/mol. The smallest absolute Gasteiger partial charge is 0.410 e. The molecule has 1 saturated heterocycles. The molecular weight excluding hydrogens is 536 g/mol. The normalized spacial score (nSPS) is 21.2. The van der Waals surface area contributed by atoms with E-state index in [4.69, 9.17) is 5.41 Å². The van der Waals surface area contributed by atoms with Crippen molar-refractivity contribution in [1.29, 1.82) is 5.41 Å². The molecule has 0 radical (unpaired) electrons. The summed E-state index contributed by atoms with van der Waals surface area (Å²) in [6.07, 6.45) is -2.36. The molecule has 3 amide bonds. The SMILES string of the molecule is N=C(CF)/C(=C\O)C(=O)N[C@H](c1cn2ncc(CN3C[C@@H](C(F)(F)F)NC3=O)cc2n1)C1CCC(F)(F)CC1.